The van der Waals surface area contributed by atoms with Gasteiger partial charge in [0.15, 0.2) is 0 Å². The molecule has 0 aliphatic carbocycles. The molecule has 0 aliphatic heterocycles. The number of benzene rings is 1. The number of amides is 1. The first-order chi connectivity index (χ1) is 8.57. The molecular weight excluding hydrogens is 304 g/mol. The molecule has 1 rings (SSSR count). The first-order valence-corrected chi connectivity index (χ1v) is 6.99. The molecule has 0 aromatic heterocycles. The van der Waals surface area contributed by atoms with Crippen molar-refractivity contribution in [1.82, 2.24) is 5.32 Å². The molecule has 0 saturated heterocycles. The summed E-state index contributed by atoms with van der Waals surface area (Å²) in [5.41, 5.74) is -0.226. The van der Waals surface area contributed by atoms with Crippen molar-refractivity contribution >= 4 is 21.8 Å². The highest BCUT2D eigenvalue weighted by Gasteiger charge is 2.18. The molecule has 0 unspecified atom stereocenters. The summed E-state index contributed by atoms with van der Waals surface area (Å²) in [6, 6.07) is 2.43. The number of nitrogens with one attached hydrogen (secondary N) is 1. The normalized spacial score (nSPS) is 10.4. The number of hydrogen-bond acceptors (Lipinski definition) is 1. The number of carbonyl (C=O) groups excluding carboxylic acids is 1. The Kier molecular flexibility index (Phi) is 6.25. The van der Waals surface area contributed by atoms with E-state index in [-0.39, 0.29) is 5.56 Å². The van der Waals surface area contributed by atoms with Gasteiger partial charge in [-0.05, 0) is 31.4 Å². The summed E-state index contributed by atoms with van der Waals surface area (Å²) < 4.78 is 27.0. The fourth-order valence-electron chi connectivity index (χ4n) is 1.55. The van der Waals surface area contributed by atoms with E-state index in [0.29, 0.717) is 6.54 Å². The zero-order chi connectivity index (χ0) is 13.5. The van der Waals surface area contributed by atoms with E-state index in [1.807, 2.05) is 0 Å². The molecule has 0 heterocycles. The van der Waals surface area contributed by atoms with Gasteiger partial charge >= 0.3 is 0 Å². The van der Waals surface area contributed by atoms with Gasteiger partial charge in [0.2, 0.25) is 0 Å². The van der Waals surface area contributed by atoms with Crippen LogP contribution in [0.4, 0.5) is 8.78 Å². The van der Waals surface area contributed by atoms with Gasteiger partial charge in [0, 0.05) is 11.9 Å². The predicted molar refractivity (Wildman–Crippen MR) is 71.1 cm³/mol. The van der Waals surface area contributed by atoms with Crippen molar-refractivity contribution < 1.29 is 13.6 Å². The molecule has 0 radical (unpaired) electrons. The minimum absolute atomic E-state index is 0.265. The third kappa shape index (κ3) is 4.05. The second-order valence-electron chi connectivity index (χ2n) is 4.06. The molecule has 1 aromatic carbocycles. The number of alkyl halides is 1. The van der Waals surface area contributed by atoms with Gasteiger partial charge in [-0.3, -0.25) is 4.79 Å². The Morgan fingerprint density at radius 2 is 2.00 bits per heavy atom. The Balaban J connectivity index is 2.59. The highest BCUT2D eigenvalue weighted by molar-refractivity contribution is 9.09. The SMILES string of the molecule is Cc1ccc(F)c(C(=O)NCCCCCBr)c1F. The lowest BCUT2D eigenvalue weighted by Crippen LogP contribution is -2.26. The Morgan fingerprint density at radius 3 is 2.67 bits per heavy atom. The van der Waals surface area contributed by atoms with E-state index in [4.69, 9.17) is 0 Å². The van der Waals surface area contributed by atoms with Gasteiger partial charge in [0.1, 0.15) is 17.2 Å². The lowest BCUT2D eigenvalue weighted by molar-refractivity contribution is 0.0944. The van der Waals surface area contributed by atoms with Crippen LogP contribution >= 0.6 is 15.9 Å². The van der Waals surface area contributed by atoms with Crippen LogP contribution in [0, 0.1) is 18.6 Å². The van der Waals surface area contributed by atoms with E-state index in [1.54, 1.807) is 0 Å². The summed E-state index contributed by atoms with van der Waals surface area (Å²) in [6.45, 7) is 1.93. The molecule has 0 saturated carbocycles. The van der Waals surface area contributed by atoms with Crippen LogP contribution in [0.25, 0.3) is 0 Å². The van der Waals surface area contributed by atoms with Crippen LogP contribution in [-0.2, 0) is 0 Å². The van der Waals surface area contributed by atoms with Crippen LogP contribution in [0.1, 0.15) is 35.2 Å². The first kappa shape index (κ1) is 15.1. The smallest absolute Gasteiger partial charge is 0.257 e. The Morgan fingerprint density at radius 1 is 1.28 bits per heavy atom. The Bertz CT molecular complexity index is 424. The molecule has 0 bridgehead atoms. The summed E-state index contributed by atoms with van der Waals surface area (Å²) in [5.74, 6) is -2.29. The van der Waals surface area contributed by atoms with Gasteiger partial charge in [0.25, 0.3) is 5.91 Å². The number of rotatable bonds is 6. The highest BCUT2D eigenvalue weighted by atomic mass is 79.9. The average Bonchev–Trinajstić information content (AvgIpc) is 2.34. The van der Waals surface area contributed by atoms with Crippen molar-refractivity contribution in [3.63, 3.8) is 0 Å². The van der Waals surface area contributed by atoms with Gasteiger partial charge in [0.05, 0.1) is 0 Å². The maximum Gasteiger partial charge on any atom is 0.257 e. The minimum atomic E-state index is -0.823. The van der Waals surface area contributed by atoms with Crippen molar-refractivity contribution in [2.45, 2.75) is 26.2 Å². The summed E-state index contributed by atoms with van der Waals surface area (Å²) >= 11 is 3.31. The molecular formula is C13H16BrF2NO. The van der Waals surface area contributed by atoms with Crippen LogP contribution in [0.5, 0.6) is 0 Å². The Labute approximate surface area is 114 Å². The molecule has 18 heavy (non-hydrogen) atoms. The van der Waals surface area contributed by atoms with E-state index < -0.39 is 23.1 Å². The van der Waals surface area contributed by atoms with E-state index >= 15 is 0 Å². The second kappa shape index (κ2) is 7.46. The summed E-state index contributed by atoms with van der Waals surface area (Å²) in [7, 11) is 0. The fourth-order valence-corrected chi connectivity index (χ4v) is 1.95. The molecule has 0 aliphatic rings. The molecule has 1 amide bonds. The van der Waals surface area contributed by atoms with Gasteiger partial charge in [-0.2, -0.15) is 0 Å². The first-order valence-electron chi connectivity index (χ1n) is 5.86. The molecule has 2 nitrogen and oxygen atoms in total. The lowest BCUT2D eigenvalue weighted by atomic mass is 10.1. The third-order valence-corrected chi connectivity index (χ3v) is 3.17. The largest absolute Gasteiger partial charge is 0.352 e. The number of aryl methyl sites for hydroxylation is 1. The zero-order valence-electron chi connectivity index (χ0n) is 10.2. The van der Waals surface area contributed by atoms with Crippen LogP contribution in [-0.4, -0.2) is 17.8 Å². The average molecular weight is 320 g/mol. The van der Waals surface area contributed by atoms with E-state index in [1.165, 1.54) is 13.0 Å². The fraction of sp³-hybridized carbons (Fsp3) is 0.462. The molecule has 5 heteroatoms. The van der Waals surface area contributed by atoms with Gasteiger partial charge in [-0.25, -0.2) is 8.78 Å². The third-order valence-electron chi connectivity index (χ3n) is 2.61. The maximum atomic E-state index is 13.6. The van der Waals surface area contributed by atoms with Crippen molar-refractivity contribution in [3.05, 3.63) is 34.9 Å². The van der Waals surface area contributed by atoms with Gasteiger partial charge < -0.3 is 5.32 Å². The van der Waals surface area contributed by atoms with Crippen LogP contribution in [0.3, 0.4) is 0 Å². The zero-order valence-corrected chi connectivity index (χ0v) is 11.8. The summed E-state index contributed by atoms with van der Waals surface area (Å²) in [4.78, 5) is 11.7. The molecule has 0 atom stereocenters. The van der Waals surface area contributed by atoms with Crippen LogP contribution in [0.2, 0.25) is 0 Å². The molecule has 100 valence electrons. The molecule has 0 spiro atoms. The number of carbonyl (C=O) groups is 1. The van der Waals surface area contributed by atoms with E-state index in [2.05, 4.69) is 21.2 Å². The minimum Gasteiger partial charge on any atom is -0.352 e. The van der Waals surface area contributed by atoms with Crippen molar-refractivity contribution in [2.75, 3.05) is 11.9 Å². The maximum absolute atomic E-state index is 13.6. The monoisotopic (exact) mass is 319 g/mol. The predicted octanol–water partition coefficient (Wildman–Crippen LogP) is 3.57. The number of halogens is 3. The highest BCUT2D eigenvalue weighted by Crippen LogP contribution is 2.16. The molecule has 0 fully saturated rings. The van der Waals surface area contributed by atoms with Crippen molar-refractivity contribution in [1.29, 1.82) is 0 Å². The summed E-state index contributed by atoms with van der Waals surface area (Å²) in [5, 5.41) is 3.45. The Hall–Kier alpha value is -0.970. The van der Waals surface area contributed by atoms with Crippen LogP contribution < -0.4 is 5.32 Å². The number of unbranched alkanes of at least 4 members (excludes halogenated alkanes) is 2. The standard InChI is InChI=1S/C13H16BrF2NO/c1-9-5-6-10(15)11(12(9)16)13(18)17-8-4-2-3-7-14/h5-6H,2-4,7-8H2,1H3,(H,17,18). The second-order valence-corrected chi connectivity index (χ2v) is 4.85. The van der Waals surface area contributed by atoms with Crippen molar-refractivity contribution in [3.8, 4) is 0 Å². The topological polar surface area (TPSA) is 29.1 Å². The number of hydrogen-bond donors (Lipinski definition) is 1. The summed E-state index contributed by atoms with van der Waals surface area (Å²) in [6.07, 6.45) is 2.78. The van der Waals surface area contributed by atoms with Gasteiger partial charge in [-0.15, -0.1) is 0 Å². The van der Waals surface area contributed by atoms with Gasteiger partial charge in [-0.1, -0.05) is 28.4 Å². The van der Waals surface area contributed by atoms with E-state index in [0.717, 1.165) is 30.7 Å². The lowest BCUT2D eigenvalue weighted by Gasteiger charge is -2.08. The quantitative estimate of drug-likeness (QED) is 0.630. The molecule has 1 aromatic rings. The van der Waals surface area contributed by atoms with E-state index in [9.17, 15) is 13.6 Å². The van der Waals surface area contributed by atoms with Crippen molar-refractivity contribution in [2.24, 2.45) is 0 Å². The van der Waals surface area contributed by atoms with Crippen LogP contribution in [0.15, 0.2) is 12.1 Å². The molecule has 1 N–H and O–H groups in total.